The summed E-state index contributed by atoms with van der Waals surface area (Å²) < 4.78 is 6.00. The Balaban J connectivity index is 2.15. The minimum Gasteiger partial charge on any atom is -0.495 e. The first-order chi connectivity index (χ1) is 9.52. The van der Waals surface area contributed by atoms with Crippen molar-refractivity contribution in [3.8, 4) is 5.75 Å². The molecule has 0 aliphatic heterocycles. The second-order valence-corrected chi connectivity index (χ2v) is 5.73. The second-order valence-electron chi connectivity index (χ2n) is 4.82. The Bertz CT molecular complexity index is 532. The Morgan fingerprint density at radius 2 is 2.05 bits per heavy atom. The van der Waals surface area contributed by atoms with E-state index in [1.165, 1.54) is 7.11 Å². The van der Waals surface area contributed by atoms with E-state index in [1.807, 2.05) is 6.07 Å². The van der Waals surface area contributed by atoms with Crippen molar-refractivity contribution in [1.29, 1.82) is 0 Å². The largest absolute Gasteiger partial charge is 0.495 e. The standard InChI is InChI=1S/C14H16BrNO4/c1-20-12-6-5-8(15)7-11(12)16-13(17)9-3-2-4-10(9)14(18)19/h5-7,9-10H,2-4H2,1H3,(H,16,17)(H,18,19)/t9-,10+/m1/s1. The molecule has 0 aromatic heterocycles. The predicted molar refractivity (Wildman–Crippen MR) is 77.8 cm³/mol. The molecule has 0 bridgehead atoms. The van der Waals surface area contributed by atoms with Gasteiger partial charge in [-0.15, -0.1) is 0 Å². The molecule has 1 aromatic carbocycles. The molecule has 1 aromatic rings. The van der Waals surface area contributed by atoms with E-state index >= 15 is 0 Å². The van der Waals surface area contributed by atoms with Crippen molar-refractivity contribution < 1.29 is 19.4 Å². The summed E-state index contributed by atoms with van der Waals surface area (Å²) in [7, 11) is 1.52. The van der Waals surface area contributed by atoms with Crippen LogP contribution in [0.3, 0.4) is 0 Å². The summed E-state index contributed by atoms with van der Waals surface area (Å²) in [4.78, 5) is 23.4. The second kappa shape index (κ2) is 6.26. The van der Waals surface area contributed by atoms with E-state index in [1.54, 1.807) is 12.1 Å². The molecule has 2 atom stereocenters. The summed E-state index contributed by atoms with van der Waals surface area (Å²) in [5.41, 5.74) is 0.544. The van der Waals surface area contributed by atoms with Gasteiger partial charge in [-0.05, 0) is 31.0 Å². The van der Waals surface area contributed by atoms with Crippen LogP contribution >= 0.6 is 15.9 Å². The topological polar surface area (TPSA) is 75.6 Å². The van der Waals surface area contributed by atoms with Gasteiger partial charge in [-0.25, -0.2) is 0 Å². The monoisotopic (exact) mass is 341 g/mol. The number of aliphatic carboxylic acids is 1. The van der Waals surface area contributed by atoms with Crippen LogP contribution in [0.2, 0.25) is 0 Å². The summed E-state index contributed by atoms with van der Waals surface area (Å²) in [5.74, 6) is -1.68. The number of rotatable bonds is 4. The zero-order valence-corrected chi connectivity index (χ0v) is 12.6. The Labute approximate surface area is 125 Å². The third-order valence-electron chi connectivity index (χ3n) is 3.59. The van der Waals surface area contributed by atoms with Crippen molar-refractivity contribution in [2.24, 2.45) is 11.8 Å². The first-order valence-corrected chi connectivity index (χ1v) is 7.19. The van der Waals surface area contributed by atoms with Crippen molar-refractivity contribution >= 4 is 33.5 Å². The van der Waals surface area contributed by atoms with E-state index in [9.17, 15) is 9.59 Å². The number of carboxylic acid groups (broad SMARTS) is 1. The van der Waals surface area contributed by atoms with Crippen molar-refractivity contribution in [2.75, 3.05) is 12.4 Å². The van der Waals surface area contributed by atoms with Gasteiger partial charge in [-0.2, -0.15) is 0 Å². The van der Waals surface area contributed by atoms with Crippen LogP contribution in [0.25, 0.3) is 0 Å². The fourth-order valence-corrected chi connectivity index (χ4v) is 2.93. The van der Waals surface area contributed by atoms with Crippen LogP contribution in [-0.2, 0) is 9.59 Å². The number of amides is 1. The number of benzene rings is 1. The molecule has 0 radical (unpaired) electrons. The lowest BCUT2D eigenvalue weighted by Crippen LogP contribution is -2.30. The third kappa shape index (κ3) is 3.12. The highest BCUT2D eigenvalue weighted by molar-refractivity contribution is 9.10. The maximum Gasteiger partial charge on any atom is 0.307 e. The zero-order chi connectivity index (χ0) is 14.7. The number of anilines is 1. The molecule has 1 fully saturated rings. The van der Waals surface area contributed by atoms with Crippen molar-refractivity contribution in [3.05, 3.63) is 22.7 Å². The van der Waals surface area contributed by atoms with Gasteiger partial charge in [0.1, 0.15) is 5.75 Å². The van der Waals surface area contributed by atoms with Crippen LogP contribution < -0.4 is 10.1 Å². The zero-order valence-electron chi connectivity index (χ0n) is 11.1. The Morgan fingerprint density at radius 3 is 2.70 bits per heavy atom. The lowest BCUT2D eigenvalue weighted by atomic mass is 9.95. The molecule has 2 N–H and O–H groups in total. The molecule has 1 saturated carbocycles. The Morgan fingerprint density at radius 1 is 1.35 bits per heavy atom. The number of hydrogen-bond donors (Lipinski definition) is 2. The van der Waals surface area contributed by atoms with E-state index in [-0.39, 0.29) is 5.91 Å². The molecule has 5 nitrogen and oxygen atoms in total. The van der Waals surface area contributed by atoms with Crippen molar-refractivity contribution in [2.45, 2.75) is 19.3 Å². The third-order valence-corrected chi connectivity index (χ3v) is 4.08. The Hall–Kier alpha value is -1.56. The molecule has 6 heteroatoms. The highest BCUT2D eigenvalue weighted by Crippen LogP contribution is 2.34. The normalized spacial score (nSPS) is 21.5. The van der Waals surface area contributed by atoms with Crippen LogP contribution in [0.1, 0.15) is 19.3 Å². The molecule has 0 unspecified atom stereocenters. The molecule has 108 valence electrons. The number of ether oxygens (including phenoxy) is 1. The lowest BCUT2D eigenvalue weighted by Gasteiger charge is -2.17. The number of carboxylic acids is 1. The van der Waals surface area contributed by atoms with Crippen LogP contribution in [0.15, 0.2) is 22.7 Å². The fourth-order valence-electron chi connectivity index (χ4n) is 2.57. The average Bonchev–Trinajstić information content (AvgIpc) is 2.88. The molecule has 1 aliphatic carbocycles. The number of halogens is 1. The van der Waals surface area contributed by atoms with Crippen molar-refractivity contribution in [1.82, 2.24) is 0 Å². The molecule has 20 heavy (non-hydrogen) atoms. The lowest BCUT2D eigenvalue weighted by molar-refractivity contribution is -0.145. The number of carbonyl (C=O) groups is 2. The summed E-state index contributed by atoms with van der Waals surface area (Å²) in [5, 5.41) is 11.9. The molecule has 1 amide bonds. The quantitative estimate of drug-likeness (QED) is 0.882. The van der Waals surface area contributed by atoms with Gasteiger partial charge >= 0.3 is 5.97 Å². The van der Waals surface area contributed by atoms with Gasteiger partial charge in [0.25, 0.3) is 0 Å². The Kier molecular flexibility index (Phi) is 4.65. The molecule has 0 saturated heterocycles. The maximum absolute atomic E-state index is 12.3. The summed E-state index contributed by atoms with van der Waals surface area (Å²) in [6.45, 7) is 0. The predicted octanol–water partition coefficient (Wildman–Crippen LogP) is 2.90. The van der Waals surface area contributed by atoms with Gasteiger partial charge in [-0.3, -0.25) is 9.59 Å². The summed E-state index contributed by atoms with van der Waals surface area (Å²) >= 11 is 3.33. The van der Waals surface area contributed by atoms with Crippen LogP contribution in [0.4, 0.5) is 5.69 Å². The fraction of sp³-hybridized carbons (Fsp3) is 0.429. The van der Waals surface area contributed by atoms with Crippen LogP contribution in [0, 0.1) is 11.8 Å². The van der Waals surface area contributed by atoms with E-state index in [0.717, 1.165) is 10.9 Å². The van der Waals surface area contributed by atoms with Gasteiger partial charge < -0.3 is 15.2 Å². The molecule has 2 rings (SSSR count). The molecular weight excluding hydrogens is 326 g/mol. The van der Waals surface area contributed by atoms with Gasteiger partial charge in [0.2, 0.25) is 5.91 Å². The van der Waals surface area contributed by atoms with E-state index < -0.39 is 17.8 Å². The first-order valence-electron chi connectivity index (χ1n) is 6.40. The number of hydrogen-bond acceptors (Lipinski definition) is 3. The van der Waals surface area contributed by atoms with E-state index in [4.69, 9.17) is 9.84 Å². The number of nitrogens with one attached hydrogen (secondary N) is 1. The first kappa shape index (κ1) is 14.8. The summed E-state index contributed by atoms with van der Waals surface area (Å²) in [6.07, 6.45) is 1.94. The van der Waals surface area contributed by atoms with E-state index in [0.29, 0.717) is 24.3 Å². The van der Waals surface area contributed by atoms with Crippen LogP contribution in [-0.4, -0.2) is 24.1 Å². The SMILES string of the molecule is COc1ccc(Br)cc1NC(=O)[C@@H]1CCC[C@@H]1C(=O)O. The molecule has 0 heterocycles. The molecule has 0 spiro atoms. The van der Waals surface area contributed by atoms with Crippen LogP contribution in [0.5, 0.6) is 5.75 Å². The number of methoxy groups -OCH3 is 1. The highest BCUT2D eigenvalue weighted by Gasteiger charge is 2.37. The summed E-state index contributed by atoms with van der Waals surface area (Å²) in [6, 6.07) is 5.29. The van der Waals surface area contributed by atoms with Gasteiger partial charge in [0.05, 0.1) is 24.6 Å². The van der Waals surface area contributed by atoms with Gasteiger partial charge in [-0.1, -0.05) is 22.4 Å². The molecule has 1 aliphatic rings. The minimum atomic E-state index is -0.899. The maximum atomic E-state index is 12.3. The van der Waals surface area contributed by atoms with E-state index in [2.05, 4.69) is 21.2 Å². The smallest absolute Gasteiger partial charge is 0.307 e. The minimum absolute atomic E-state index is 0.258. The van der Waals surface area contributed by atoms with Crippen molar-refractivity contribution in [3.63, 3.8) is 0 Å². The number of carbonyl (C=O) groups excluding carboxylic acids is 1. The molecular formula is C14H16BrNO4. The highest BCUT2D eigenvalue weighted by atomic mass is 79.9. The average molecular weight is 342 g/mol. The van der Waals surface area contributed by atoms with Gasteiger partial charge in [0, 0.05) is 4.47 Å². The van der Waals surface area contributed by atoms with Gasteiger partial charge in [0.15, 0.2) is 0 Å².